The third-order valence-corrected chi connectivity index (χ3v) is 3.40. The van der Waals surface area contributed by atoms with Crippen LogP contribution in [0.15, 0.2) is 12.1 Å². The number of ether oxygens (including phenoxy) is 3. The average molecular weight is 294 g/mol. The van der Waals surface area contributed by atoms with Crippen molar-refractivity contribution in [1.29, 1.82) is 0 Å². The molecule has 21 heavy (non-hydrogen) atoms. The molecular formula is C15H22N2O4. The first-order valence-corrected chi connectivity index (χ1v) is 7.13. The van der Waals surface area contributed by atoms with Crippen molar-refractivity contribution in [2.45, 2.75) is 19.8 Å². The van der Waals surface area contributed by atoms with Crippen molar-refractivity contribution >= 4 is 5.91 Å². The second-order valence-corrected chi connectivity index (χ2v) is 4.96. The molecule has 1 unspecified atom stereocenters. The Bertz CT molecular complexity index is 505. The van der Waals surface area contributed by atoms with Gasteiger partial charge in [-0.25, -0.2) is 0 Å². The van der Waals surface area contributed by atoms with Crippen molar-refractivity contribution in [2.24, 2.45) is 11.7 Å². The van der Waals surface area contributed by atoms with E-state index in [0.29, 0.717) is 36.8 Å². The van der Waals surface area contributed by atoms with E-state index < -0.39 is 0 Å². The number of carbonyl (C=O) groups is 1. The monoisotopic (exact) mass is 294 g/mol. The molecule has 1 aromatic carbocycles. The van der Waals surface area contributed by atoms with E-state index in [-0.39, 0.29) is 18.6 Å². The van der Waals surface area contributed by atoms with Crippen LogP contribution < -0.4 is 25.3 Å². The Kier molecular flexibility index (Phi) is 5.27. The third-order valence-electron chi connectivity index (χ3n) is 3.40. The number of nitrogens with one attached hydrogen (secondary N) is 1. The summed E-state index contributed by atoms with van der Waals surface area (Å²) in [5.74, 6) is 1.59. The van der Waals surface area contributed by atoms with Crippen LogP contribution in [0.4, 0.5) is 0 Å². The Hall–Kier alpha value is -1.95. The van der Waals surface area contributed by atoms with Crippen LogP contribution in [-0.4, -0.2) is 32.9 Å². The summed E-state index contributed by atoms with van der Waals surface area (Å²) in [4.78, 5) is 12.0. The van der Waals surface area contributed by atoms with E-state index in [1.807, 2.05) is 19.1 Å². The second-order valence-electron chi connectivity index (χ2n) is 4.96. The molecule has 1 atom stereocenters. The molecule has 1 aromatic rings. The molecule has 0 bridgehead atoms. The molecule has 6 heteroatoms. The molecule has 0 fully saturated rings. The molecule has 0 spiro atoms. The molecule has 2 rings (SSSR count). The van der Waals surface area contributed by atoms with Gasteiger partial charge in [-0.3, -0.25) is 4.79 Å². The average Bonchev–Trinajstić information content (AvgIpc) is 2.97. The summed E-state index contributed by atoms with van der Waals surface area (Å²) in [5, 5.41) is 2.88. The van der Waals surface area contributed by atoms with Crippen LogP contribution in [0.5, 0.6) is 17.2 Å². The summed E-state index contributed by atoms with van der Waals surface area (Å²) in [6, 6.07) is 3.74. The van der Waals surface area contributed by atoms with E-state index in [1.54, 1.807) is 7.11 Å². The van der Waals surface area contributed by atoms with Gasteiger partial charge in [0.1, 0.15) is 0 Å². The highest BCUT2D eigenvalue weighted by Crippen LogP contribution is 2.42. The number of benzene rings is 1. The molecule has 1 amide bonds. The highest BCUT2D eigenvalue weighted by molar-refractivity contribution is 5.79. The van der Waals surface area contributed by atoms with Crippen molar-refractivity contribution in [1.82, 2.24) is 5.32 Å². The Morgan fingerprint density at radius 2 is 2.29 bits per heavy atom. The van der Waals surface area contributed by atoms with Crippen molar-refractivity contribution in [2.75, 3.05) is 27.0 Å². The normalized spacial score (nSPS) is 13.9. The maximum absolute atomic E-state index is 12.0. The lowest BCUT2D eigenvalue weighted by Gasteiger charge is -2.15. The molecule has 6 nitrogen and oxygen atoms in total. The fraction of sp³-hybridized carbons (Fsp3) is 0.533. The van der Waals surface area contributed by atoms with Crippen molar-refractivity contribution in [3.05, 3.63) is 17.7 Å². The lowest BCUT2D eigenvalue weighted by atomic mass is 9.98. The first-order valence-electron chi connectivity index (χ1n) is 7.13. The minimum atomic E-state index is -0.262. The smallest absolute Gasteiger partial charge is 0.231 e. The lowest BCUT2D eigenvalue weighted by molar-refractivity contribution is -0.124. The predicted octanol–water partition coefficient (Wildman–Crippen LogP) is 1.07. The van der Waals surface area contributed by atoms with Crippen LogP contribution in [0.25, 0.3) is 0 Å². The zero-order valence-electron chi connectivity index (χ0n) is 12.5. The number of hydrogen-bond acceptors (Lipinski definition) is 5. The topological polar surface area (TPSA) is 82.8 Å². The molecule has 1 aliphatic heterocycles. The fourth-order valence-corrected chi connectivity index (χ4v) is 2.26. The Morgan fingerprint density at radius 1 is 1.48 bits per heavy atom. The number of methoxy groups -OCH3 is 1. The van der Waals surface area contributed by atoms with E-state index in [0.717, 1.165) is 12.0 Å². The van der Waals surface area contributed by atoms with Crippen molar-refractivity contribution in [3.63, 3.8) is 0 Å². The van der Waals surface area contributed by atoms with Crippen molar-refractivity contribution in [3.8, 4) is 17.2 Å². The van der Waals surface area contributed by atoms with Crippen LogP contribution in [0.3, 0.4) is 0 Å². The predicted molar refractivity (Wildman–Crippen MR) is 78.7 cm³/mol. The van der Waals surface area contributed by atoms with Crippen LogP contribution in [0, 0.1) is 5.92 Å². The molecule has 0 aromatic heterocycles. The molecule has 0 saturated carbocycles. The van der Waals surface area contributed by atoms with Crippen molar-refractivity contribution < 1.29 is 19.0 Å². The Labute approximate surface area is 124 Å². The number of nitrogens with two attached hydrogens (primary N) is 1. The van der Waals surface area contributed by atoms with E-state index in [1.165, 1.54) is 0 Å². The first-order chi connectivity index (χ1) is 10.2. The number of carbonyl (C=O) groups excluding carboxylic acids is 1. The molecule has 0 saturated heterocycles. The van der Waals surface area contributed by atoms with Crippen LogP contribution in [0.1, 0.15) is 18.9 Å². The van der Waals surface area contributed by atoms with E-state index in [4.69, 9.17) is 19.9 Å². The minimum Gasteiger partial charge on any atom is -0.493 e. The number of amides is 1. The van der Waals surface area contributed by atoms with Gasteiger partial charge in [0, 0.05) is 13.1 Å². The highest BCUT2D eigenvalue weighted by Gasteiger charge is 2.23. The second kappa shape index (κ2) is 7.17. The Morgan fingerprint density at radius 3 is 2.95 bits per heavy atom. The van der Waals surface area contributed by atoms with Gasteiger partial charge in [0.15, 0.2) is 11.5 Å². The van der Waals surface area contributed by atoms with E-state index in [2.05, 4.69) is 5.32 Å². The molecule has 116 valence electrons. The summed E-state index contributed by atoms with van der Waals surface area (Å²) in [6.45, 7) is 3.17. The van der Waals surface area contributed by atoms with Gasteiger partial charge in [0.25, 0.3) is 0 Å². The SMILES string of the molecule is CCCNC(=O)C(CN)Cc1cc(OC)c2c(c1)OCO2. The zero-order chi connectivity index (χ0) is 15.2. The third kappa shape index (κ3) is 3.58. The molecule has 3 N–H and O–H groups in total. The minimum absolute atomic E-state index is 0.0176. The van der Waals surface area contributed by atoms with Gasteiger partial charge in [-0.05, 0) is 30.5 Å². The largest absolute Gasteiger partial charge is 0.493 e. The maximum Gasteiger partial charge on any atom is 0.231 e. The standard InChI is InChI=1S/C15H22N2O4/c1-3-4-17-15(18)11(8-16)5-10-6-12(19-2)14-13(7-10)20-9-21-14/h6-7,11H,3-5,8-9,16H2,1-2H3,(H,17,18). The molecule has 1 heterocycles. The molecule has 1 aliphatic rings. The highest BCUT2D eigenvalue weighted by atomic mass is 16.7. The van der Waals surface area contributed by atoms with E-state index in [9.17, 15) is 4.79 Å². The number of fused-ring (bicyclic) bond motifs is 1. The first kappa shape index (κ1) is 15.4. The van der Waals surface area contributed by atoms with Gasteiger partial charge in [0.2, 0.25) is 18.4 Å². The molecule has 0 aliphatic carbocycles. The number of hydrogen-bond donors (Lipinski definition) is 2. The summed E-state index contributed by atoms with van der Waals surface area (Å²) in [6.07, 6.45) is 1.44. The van der Waals surface area contributed by atoms with Crippen LogP contribution >= 0.6 is 0 Å². The zero-order valence-corrected chi connectivity index (χ0v) is 12.5. The summed E-state index contributed by atoms with van der Waals surface area (Å²) in [5.41, 5.74) is 6.67. The molecular weight excluding hydrogens is 272 g/mol. The van der Waals surface area contributed by atoms with Gasteiger partial charge in [-0.1, -0.05) is 6.92 Å². The quantitative estimate of drug-likeness (QED) is 0.786. The summed E-state index contributed by atoms with van der Waals surface area (Å²) in [7, 11) is 1.58. The summed E-state index contributed by atoms with van der Waals surface area (Å²) < 4.78 is 16.0. The van der Waals surface area contributed by atoms with Gasteiger partial charge in [-0.2, -0.15) is 0 Å². The van der Waals surface area contributed by atoms with Gasteiger partial charge in [-0.15, -0.1) is 0 Å². The lowest BCUT2D eigenvalue weighted by Crippen LogP contribution is -2.36. The number of rotatable bonds is 7. The Balaban J connectivity index is 2.12. The van der Waals surface area contributed by atoms with Gasteiger partial charge >= 0.3 is 0 Å². The summed E-state index contributed by atoms with van der Waals surface area (Å²) >= 11 is 0. The molecule has 0 radical (unpaired) electrons. The fourth-order valence-electron chi connectivity index (χ4n) is 2.26. The van der Waals surface area contributed by atoms with E-state index >= 15 is 0 Å². The van der Waals surface area contributed by atoms with Gasteiger partial charge in [0.05, 0.1) is 13.0 Å². The van der Waals surface area contributed by atoms with Crippen LogP contribution in [0.2, 0.25) is 0 Å². The maximum atomic E-state index is 12.0. The van der Waals surface area contributed by atoms with Gasteiger partial charge < -0.3 is 25.3 Å². The van der Waals surface area contributed by atoms with Crippen LogP contribution in [-0.2, 0) is 11.2 Å².